The average molecular weight is 505 g/mol. The lowest BCUT2D eigenvalue weighted by Crippen LogP contribution is -2.51. The SMILES string of the molecule is COc1cc2c(Oc3ccc4c(c3F)C=C(C)C4)ccnc2cc1OCCCN1CCC2(CC1)COC2. The summed E-state index contributed by atoms with van der Waals surface area (Å²) in [5.74, 6) is 1.63. The number of pyridine rings is 1. The second-order valence-corrected chi connectivity index (χ2v) is 10.6. The van der Waals surface area contributed by atoms with Crippen LogP contribution in [0, 0.1) is 11.2 Å². The lowest BCUT2D eigenvalue weighted by molar-refractivity contribution is -0.139. The quantitative estimate of drug-likeness (QED) is 0.350. The number of hydrogen-bond donors (Lipinski definition) is 0. The first-order chi connectivity index (χ1) is 18.0. The van der Waals surface area contributed by atoms with Crippen molar-refractivity contribution in [2.45, 2.75) is 32.6 Å². The van der Waals surface area contributed by atoms with E-state index < -0.39 is 0 Å². The van der Waals surface area contributed by atoms with Gasteiger partial charge in [-0.2, -0.15) is 0 Å². The van der Waals surface area contributed by atoms with Crippen LogP contribution in [0.25, 0.3) is 17.0 Å². The Hall–Kier alpha value is -3.16. The average Bonchev–Trinajstić information content (AvgIpc) is 3.28. The van der Waals surface area contributed by atoms with Crippen molar-refractivity contribution in [3.8, 4) is 23.0 Å². The smallest absolute Gasteiger partial charge is 0.173 e. The predicted octanol–water partition coefficient (Wildman–Crippen LogP) is 6.02. The Morgan fingerprint density at radius 2 is 1.89 bits per heavy atom. The summed E-state index contributed by atoms with van der Waals surface area (Å²) in [7, 11) is 1.62. The summed E-state index contributed by atoms with van der Waals surface area (Å²) in [6.07, 6.45) is 7.73. The van der Waals surface area contributed by atoms with Gasteiger partial charge >= 0.3 is 0 Å². The molecule has 2 aliphatic heterocycles. The molecule has 6 nitrogen and oxygen atoms in total. The van der Waals surface area contributed by atoms with Crippen LogP contribution in [0.1, 0.15) is 37.3 Å². The molecule has 2 fully saturated rings. The van der Waals surface area contributed by atoms with Crippen molar-refractivity contribution in [3.05, 3.63) is 59.0 Å². The van der Waals surface area contributed by atoms with Gasteiger partial charge in [-0.3, -0.25) is 4.98 Å². The highest BCUT2D eigenvalue weighted by Crippen LogP contribution is 2.40. The van der Waals surface area contributed by atoms with E-state index in [2.05, 4.69) is 9.88 Å². The second kappa shape index (κ2) is 9.95. The standard InChI is InChI=1S/C30H33FN2O4/c1-20-14-21-4-5-26(29(31)22(21)15-20)37-25-6-9-32-24-17-28(27(34-2)16-23(24)25)36-13-3-10-33-11-7-30(8-12-33)18-35-19-30/h4-6,9,15-17H,3,7-8,10-14,18-19H2,1-2H3. The van der Waals surface area contributed by atoms with Crippen molar-refractivity contribution in [2.75, 3.05) is 46.6 Å². The first kappa shape index (κ1) is 24.2. The number of piperidine rings is 1. The van der Waals surface area contributed by atoms with Gasteiger partial charge in [0.25, 0.3) is 0 Å². The zero-order chi connectivity index (χ0) is 25.4. The van der Waals surface area contributed by atoms with E-state index in [1.807, 2.05) is 31.2 Å². The molecule has 0 radical (unpaired) electrons. The highest BCUT2D eigenvalue weighted by atomic mass is 19.1. The van der Waals surface area contributed by atoms with E-state index in [0.29, 0.717) is 40.4 Å². The molecule has 0 bridgehead atoms. The molecule has 1 spiro atoms. The Labute approximate surface area is 217 Å². The second-order valence-electron chi connectivity index (χ2n) is 10.6. The van der Waals surface area contributed by atoms with Gasteiger partial charge in [0, 0.05) is 35.2 Å². The van der Waals surface area contributed by atoms with Crippen molar-refractivity contribution in [3.63, 3.8) is 0 Å². The third-order valence-corrected chi connectivity index (χ3v) is 7.91. The van der Waals surface area contributed by atoms with E-state index in [1.165, 1.54) is 12.8 Å². The lowest BCUT2D eigenvalue weighted by Gasteiger charge is -2.47. The van der Waals surface area contributed by atoms with Crippen LogP contribution in [-0.4, -0.2) is 56.4 Å². The normalized spacial score (nSPS) is 18.4. The molecule has 0 unspecified atom stereocenters. The summed E-state index contributed by atoms with van der Waals surface area (Å²) in [5.41, 5.74) is 3.91. The number of nitrogens with zero attached hydrogens (tertiary/aromatic N) is 2. The zero-order valence-electron chi connectivity index (χ0n) is 21.5. The number of likely N-dealkylation sites (tertiary alicyclic amines) is 1. The molecule has 3 aliphatic rings. The minimum Gasteiger partial charge on any atom is -0.493 e. The summed E-state index contributed by atoms with van der Waals surface area (Å²) in [5, 5.41) is 0.737. The molecule has 2 aromatic carbocycles. The maximum Gasteiger partial charge on any atom is 0.173 e. The fourth-order valence-corrected chi connectivity index (χ4v) is 5.61. The van der Waals surface area contributed by atoms with Crippen LogP contribution < -0.4 is 14.2 Å². The molecule has 1 aromatic heterocycles. The number of methoxy groups -OCH3 is 1. The van der Waals surface area contributed by atoms with Crippen LogP contribution >= 0.6 is 0 Å². The molecule has 3 heterocycles. The van der Waals surface area contributed by atoms with E-state index in [0.717, 1.165) is 62.2 Å². The van der Waals surface area contributed by atoms with Gasteiger partial charge in [0.05, 0.1) is 32.4 Å². The van der Waals surface area contributed by atoms with E-state index >= 15 is 4.39 Å². The maximum absolute atomic E-state index is 15.2. The highest BCUT2D eigenvalue weighted by molar-refractivity contribution is 5.88. The van der Waals surface area contributed by atoms with E-state index in [4.69, 9.17) is 18.9 Å². The van der Waals surface area contributed by atoms with Gasteiger partial charge in [0.1, 0.15) is 5.75 Å². The molecule has 37 heavy (non-hydrogen) atoms. The minimum atomic E-state index is -0.337. The molecular formula is C30H33FN2O4. The summed E-state index contributed by atoms with van der Waals surface area (Å²) < 4.78 is 38.4. The van der Waals surface area contributed by atoms with E-state index in [9.17, 15) is 0 Å². The van der Waals surface area contributed by atoms with Gasteiger partial charge in [-0.05, 0) is 69.5 Å². The highest BCUT2D eigenvalue weighted by Gasteiger charge is 2.40. The number of benzene rings is 2. The first-order valence-corrected chi connectivity index (χ1v) is 13.1. The molecule has 7 heteroatoms. The summed E-state index contributed by atoms with van der Waals surface area (Å²) in [6, 6.07) is 9.10. The zero-order valence-corrected chi connectivity index (χ0v) is 21.5. The van der Waals surface area contributed by atoms with Gasteiger partial charge < -0.3 is 23.8 Å². The number of fused-ring (bicyclic) bond motifs is 2. The van der Waals surface area contributed by atoms with Crippen molar-refractivity contribution in [1.82, 2.24) is 9.88 Å². The van der Waals surface area contributed by atoms with Gasteiger partial charge in [-0.1, -0.05) is 17.7 Å². The third kappa shape index (κ3) is 4.78. The Kier molecular flexibility index (Phi) is 6.51. The molecule has 1 aliphatic carbocycles. The predicted molar refractivity (Wildman–Crippen MR) is 141 cm³/mol. The van der Waals surface area contributed by atoms with Crippen molar-refractivity contribution >= 4 is 17.0 Å². The van der Waals surface area contributed by atoms with Crippen LogP contribution in [0.5, 0.6) is 23.0 Å². The van der Waals surface area contributed by atoms with Crippen LogP contribution in [0.3, 0.4) is 0 Å². The van der Waals surface area contributed by atoms with Gasteiger partial charge in [-0.25, -0.2) is 4.39 Å². The minimum absolute atomic E-state index is 0.199. The Morgan fingerprint density at radius 3 is 2.65 bits per heavy atom. The topological polar surface area (TPSA) is 53.0 Å². The number of rotatable bonds is 8. The number of hydrogen-bond acceptors (Lipinski definition) is 6. The van der Waals surface area contributed by atoms with E-state index in [-0.39, 0.29) is 11.6 Å². The molecule has 0 N–H and O–H groups in total. The summed E-state index contributed by atoms with van der Waals surface area (Å²) >= 11 is 0. The molecule has 0 saturated carbocycles. The first-order valence-electron chi connectivity index (χ1n) is 13.1. The fourth-order valence-electron chi connectivity index (χ4n) is 5.61. The van der Waals surface area contributed by atoms with E-state index in [1.54, 1.807) is 25.4 Å². The fraction of sp³-hybridized carbons (Fsp3) is 0.433. The Balaban J connectivity index is 1.13. The van der Waals surface area contributed by atoms with Crippen LogP contribution in [0.2, 0.25) is 0 Å². The van der Waals surface area contributed by atoms with Crippen LogP contribution in [0.4, 0.5) is 4.39 Å². The number of ether oxygens (including phenoxy) is 4. The Morgan fingerprint density at radius 1 is 1.05 bits per heavy atom. The van der Waals surface area contributed by atoms with Crippen molar-refractivity contribution < 1.29 is 23.3 Å². The van der Waals surface area contributed by atoms with Crippen molar-refractivity contribution in [1.29, 1.82) is 0 Å². The van der Waals surface area contributed by atoms with Gasteiger partial charge in [-0.15, -0.1) is 0 Å². The Bertz CT molecular complexity index is 1340. The molecule has 3 aromatic rings. The number of allylic oxidation sites excluding steroid dienone is 1. The molecule has 0 amide bonds. The summed E-state index contributed by atoms with van der Waals surface area (Å²) in [6.45, 7) is 7.76. The van der Waals surface area contributed by atoms with Crippen molar-refractivity contribution in [2.24, 2.45) is 5.41 Å². The molecule has 2 saturated heterocycles. The van der Waals surface area contributed by atoms with Crippen LogP contribution in [-0.2, 0) is 11.2 Å². The van der Waals surface area contributed by atoms with Gasteiger partial charge in [0.2, 0.25) is 0 Å². The number of halogens is 1. The summed E-state index contributed by atoms with van der Waals surface area (Å²) in [4.78, 5) is 7.02. The molecular weight excluding hydrogens is 471 g/mol. The molecule has 0 atom stereocenters. The van der Waals surface area contributed by atoms with Crippen LogP contribution in [0.15, 0.2) is 42.1 Å². The number of aromatic nitrogens is 1. The third-order valence-electron chi connectivity index (χ3n) is 7.91. The lowest BCUT2D eigenvalue weighted by atomic mass is 9.77. The van der Waals surface area contributed by atoms with Gasteiger partial charge in [0.15, 0.2) is 23.1 Å². The molecule has 194 valence electrons. The monoisotopic (exact) mass is 504 g/mol. The maximum atomic E-state index is 15.2. The molecule has 6 rings (SSSR count). The largest absolute Gasteiger partial charge is 0.493 e.